The van der Waals surface area contributed by atoms with E-state index in [2.05, 4.69) is 30.3 Å². The molecule has 0 saturated heterocycles. The number of hydrogen-bond donors (Lipinski definition) is 0. The summed E-state index contributed by atoms with van der Waals surface area (Å²) in [5, 5.41) is 0. The summed E-state index contributed by atoms with van der Waals surface area (Å²) in [6, 6.07) is 0. The van der Waals surface area contributed by atoms with Crippen LogP contribution in [0, 0.1) is 0 Å². The Hall–Kier alpha value is -0.440. The minimum atomic E-state index is 0.338. The average Bonchev–Trinajstić information content (AvgIpc) is 2.29. The molecule has 0 unspecified atom stereocenters. The van der Waals surface area contributed by atoms with Crippen LogP contribution in [0.4, 0.5) is 0 Å². The molecule has 1 aromatic rings. The molecule has 2 nitrogen and oxygen atoms in total. The van der Waals surface area contributed by atoms with Crippen molar-refractivity contribution < 1.29 is 0 Å². The first kappa shape index (κ1) is 9.65. The molecule has 0 aliphatic carbocycles. The Balaban J connectivity index is 2.49. The van der Waals surface area contributed by atoms with Gasteiger partial charge in [0.15, 0.2) is 0 Å². The SMILES string of the molecule is Cn1cncc1CSC(C)(C)C. The van der Waals surface area contributed by atoms with Gasteiger partial charge in [0.05, 0.1) is 6.33 Å². The Bertz CT molecular complexity index is 247. The lowest BCUT2D eigenvalue weighted by molar-refractivity contribution is 0.797. The van der Waals surface area contributed by atoms with Crippen LogP contribution in [-0.4, -0.2) is 14.3 Å². The summed E-state index contributed by atoms with van der Waals surface area (Å²) in [6.07, 6.45) is 3.78. The van der Waals surface area contributed by atoms with Gasteiger partial charge < -0.3 is 4.57 Å². The van der Waals surface area contributed by atoms with Gasteiger partial charge in [0, 0.05) is 29.4 Å². The van der Waals surface area contributed by atoms with Crippen LogP contribution in [-0.2, 0) is 12.8 Å². The van der Waals surface area contributed by atoms with Crippen LogP contribution < -0.4 is 0 Å². The summed E-state index contributed by atoms with van der Waals surface area (Å²) in [5.41, 5.74) is 1.29. The van der Waals surface area contributed by atoms with Crippen molar-refractivity contribution in [1.29, 1.82) is 0 Å². The number of rotatable bonds is 2. The molecule has 0 aromatic carbocycles. The van der Waals surface area contributed by atoms with E-state index < -0.39 is 0 Å². The Labute approximate surface area is 78.4 Å². The molecular weight excluding hydrogens is 168 g/mol. The quantitative estimate of drug-likeness (QED) is 0.702. The Morgan fingerprint density at radius 1 is 1.50 bits per heavy atom. The van der Waals surface area contributed by atoms with Gasteiger partial charge in [0.1, 0.15) is 0 Å². The number of imidazole rings is 1. The number of hydrogen-bond acceptors (Lipinski definition) is 2. The van der Waals surface area contributed by atoms with E-state index >= 15 is 0 Å². The van der Waals surface area contributed by atoms with Crippen LogP contribution in [0.1, 0.15) is 26.5 Å². The fourth-order valence-electron chi connectivity index (χ4n) is 0.814. The van der Waals surface area contributed by atoms with Crippen molar-refractivity contribution in [2.75, 3.05) is 0 Å². The smallest absolute Gasteiger partial charge is 0.0945 e. The first-order valence-electron chi connectivity index (χ1n) is 4.08. The van der Waals surface area contributed by atoms with Crippen molar-refractivity contribution in [2.24, 2.45) is 7.05 Å². The first-order chi connectivity index (χ1) is 5.49. The molecular formula is C9H16N2S. The topological polar surface area (TPSA) is 17.8 Å². The van der Waals surface area contributed by atoms with Crippen LogP contribution in [0.15, 0.2) is 12.5 Å². The van der Waals surface area contributed by atoms with Crippen molar-refractivity contribution in [3.05, 3.63) is 18.2 Å². The molecule has 1 rings (SSSR count). The highest BCUT2D eigenvalue weighted by atomic mass is 32.2. The molecule has 3 heteroatoms. The van der Waals surface area contributed by atoms with Crippen molar-refractivity contribution in [3.63, 3.8) is 0 Å². The predicted octanol–water partition coefficient (Wildman–Crippen LogP) is 2.45. The lowest BCUT2D eigenvalue weighted by Crippen LogP contribution is -2.08. The zero-order chi connectivity index (χ0) is 9.19. The molecule has 0 aliphatic rings. The van der Waals surface area contributed by atoms with E-state index in [1.165, 1.54) is 5.69 Å². The zero-order valence-corrected chi connectivity index (χ0v) is 8.98. The Kier molecular flexibility index (Phi) is 2.83. The number of aromatic nitrogens is 2. The van der Waals surface area contributed by atoms with Crippen molar-refractivity contribution in [3.8, 4) is 0 Å². The Morgan fingerprint density at radius 3 is 2.58 bits per heavy atom. The van der Waals surface area contributed by atoms with E-state index in [9.17, 15) is 0 Å². The largest absolute Gasteiger partial charge is 0.337 e. The lowest BCUT2D eigenvalue weighted by atomic mass is 10.3. The maximum absolute atomic E-state index is 4.07. The van der Waals surface area contributed by atoms with Gasteiger partial charge in [-0.1, -0.05) is 20.8 Å². The molecule has 0 spiro atoms. The van der Waals surface area contributed by atoms with Crippen LogP contribution in [0.3, 0.4) is 0 Å². The third-order valence-electron chi connectivity index (χ3n) is 1.57. The monoisotopic (exact) mass is 184 g/mol. The maximum Gasteiger partial charge on any atom is 0.0945 e. The van der Waals surface area contributed by atoms with Crippen LogP contribution in [0.2, 0.25) is 0 Å². The van der Waals surface area contributed by atoms with Crippen LogP contribution in [0.25, 0.3) is 0 Å². The van der Waals surface area contributed by atoms with Gasteiger partial charge in [0.2, 0.25) is 0 Å². The highest BCUT2D eigenvalue weighted by Crippen LogP contribution is 2.26. The molecule has 0 radical (unpaired) electrons. The summed E-state index contributed by atoms with van der Waals surface area (Å²) < 4.78 is 2.41. The molecule has 0 fully saturated rings. The minimum Gasteiger partial charge on any atom is -0.337 e. The Morgan fingerprint density at radius 2 is 2.17 bits per heavy atom. The number of aryl methyl sites for hydroxylation is 1. The van der Waals surface area contributed by atoms with E-state index in [0.717, 1.165) is 5.75 Å². The van der Waals surface area contributed by atoms with Gasteiger partial charge in [-0.15, -0.1) is 11.8 Å². The van der Waals surface area contributed by atoms with Crippen LogP contribution in [0.5, 0.6) is 0 Å². The van der Waals surface area contributed by atoms with Gasteiger partial charge in [0.25, 0.3) is 0 Å². The molecule has 0 amide bonds. The standard InChI is InChI=1S/C9H16N2S/c1-9(2,3)12-6-8-5-10-7-11(8)4/h5,7H,6H2,1-4H3. The predicted molar refractivity (Wildman–Crippen MR) is 54.3 cm³/mol. The summed E-state index contributed by atoms with van der Waals surface area (Å²) in [4.78, 5) is 4.07. The number of nitrogens with zero attached hydrogens (tertiary/aromatic N) is 2. The molecule has 12 heavy (non-hydrogen) atoms. The van der Waals surface area contributed by atoms with E-state index in [0.29, 0.717) is 4.75 Å². The van der Waals surface area contributed by atoms with Gasteiger partial charge in [-0.3, -0.25) is 0 Å². The molecule has 0 N–H and O–H groups in total. The lowest BCUT2D eigenvalue weighted by Gasteiger charge is -2.17. The zero-order valence-electron chi connectivity index (χ0n) is 8.16. The molecule has 0 atom stereocenters. The normalized spacial score (nSPS) is 12.0. The van der Waals surface area contributed by atoms with E-state index in [-0.39, 0.29) is 0 Å². The second kappa shape index (κ2) is 3.52. The molecule has 0 aliphatic heterocycles. The van der Waals surface area contributed by atoms with Crippen LogP contribution >= 0.6 is 11.8 Å². The van der Waals surface area contributed by atoms with Crippen molar-refractivity contribution >= 4 is 11.8 Å². The third kappa shape index (κ3) is 2.89. The third-order valence-corrected chi connectivity index (χ3v) is 2.88. The second-order valence-corrected chi connectivity index (χ2v) is 5.70. The highest BCUT2D eigenvalue weighted by Gasteiger charge is 2.11. The fourth-order valence-corrected chi connectivity index (χ4v) is 1.67. The summed E-state index contributed by atoms with van der Waals surface area (Å²) in [5.74, 6) is 1.04. The molecule has 0 bridgehead atoms. The molecule has 1 heterocycles. The summed E-state index contributed by atoms with van der Waals surface area (Å²) in [7, 11) is 2.03. The van der Waals surface area contributed by atoms with Gasteiger partial charge in [-0.25, -0.2) is 4.98 Å². The fraction of sp³-hybridized carbons (Fsp3) is 0.667. The summed E-state index contributed by atoms with van der Waals surface area (Å²) in [6.45, 7) is 6.69. The van der Waals surface area contributed by atoms with E-state index in [4.69, 9.17) is 0 Å². The number of thioether (sulfide) groups is 1. The van der Waals surface area contributed by atoms with Gasteiger partial charge in [-0.2, -0.15) is 0 Å². The maximum atomic E-state index is 4.07. The molecule has 0 saturated carbocycles. The van der Waals surface area contributed by atoms with Crippen molar-refractivity contribution in [2.45, 2.75) is 31.3 Å². The molecule has 68 valence electrons. The van der Waals surface area contributed by atoms with Crippen molar-refractivity contribution in [1.82, 2.24) is 9.55 Å². The van der Waals surface area contributed by atoms with Gasteiger partial charge in [-0.05, 0) is 0 Å². The minimum absolute atomic E-state index is 0.338. The highest BCUT2D eigenvalue weighted by molar-refractivity contribution is 7.99. The van der Waals surface area contributed by atoms with Gasteiger partial charge >= 0.3 is 0 Å². The molecule has 1 aromatic heterocycles. The van der Waals surface area contributed by atoms with E-state index in [1.54, 1.807) is 0 Å². The average molecular weight is 184 g/mol. The second-order valence-electron chi connectivity index (χ2n) is 3.90. The summed E-state index contributed by atoms with van der Waals surface area (Å²) >= 11 is 1.94. The van der Waals surface area contributed by atoms with E-state index in [1.807, 2.05) is 31.3 Å². The first-order valence-corrected chi connectivity index (χ1v) is 5.07.